The van der Waals surface area contributed by atoms with Crippen molar-refractivity contribution >= 4 is 38.6 Å². The number of carbonyl (C=O) groups is 1. The van der Waals surface area contributed by atoms with E-state index in [1.54, 1.807) is 0 Å². The van der Waals surface area contributed by atoms with Crippen molar-refractivity contribution in [3.05, 3.63) is 64.4 Å². The predicted octanol–water partition coefficient (Wildman–Crippen LogP) is 3.25. The van der Waals surface area contributed by atoms with Gasteiger partial charge in [-0.05, 0) is 36.2 Å². The maximum Gasteiger partial charge on any atom is 0.222 e. The van der Waals surface area contributed by atoms with Crippen LogP contribution in [-0.4, -0.2) is 51.9 Å². The van der Waals surface area contributed by atoms with Gasteiger partial charge >= 0.3 is 0 Å². The van der Waals surface area contributed by atoms with E-state index in [-0.39, 0.29) is 5.91 Å². The fourth-order valence-corrected chi connectivity index (χ4v) is 4.13. The molecule has 150 valence electrons. The van der Waals surface area contributed by atoms with E-state index >= 15 is 0 Å². The minimum absolute atomic E-state index is 0.218. The number of hydrogen-bond acceptors (Lipinski definition) is 5. The van der Waals surface area contributed by atoms with Gasteiger partial charge in [0.05, 0.1) is 12.1 Å². The zero-order chi connectivity index (χ0) is 20.2. The number of hydrogen-bond donors (Lipinski definition) is 1. The second kappa shape index (κ2) is 8.88. The van der Waals surface area contributed by atoms with E-state index in [1.807, 2.05) is 41.3 Å². The molecule has 29 heavy (non-hydrogen) atoms. The lowest BCUT2D eigenvalue weighted by molar-refractivity contribution is -0.133. The Hall–Kier alpha value is -2.51. The molecular weight excluding hydrogens is 430 g/mol. The molecule has 1 amide bonds. The summed E-state index contributed by atoms with van der Waals surface area (Å²) in [4.78, 5) is 25.9. The zero-order valence-electron chi connectivity index (χ0n) is 16.2. The SMILES string of the molecule is Nc1nc(CN2CCN(C(=O)CCc3cccc(Br)c3)CC2)nc2ccccc12. The number of amides is 1. The number of carbonyl (C=O) groups excluding carboxylic acids is 1. The summed E-state index contributed by atoms with van der Waals surface area (Å²) >= 11 is 3.48. The van der Waals surface area contributed by atoms with Gasteiger partial charge in [-0.2, -0.15) is 0 Å². The van der Waals surface area contributed by atoms with Gasteiger partial charge < -0.3 is 10.6 Å². The van der Waals surface area contributed by atoms with Crippen LogP contribution in [0, 0.1) is 0 Å². The molecule has 0 spiro atoms. The summed E-state index contributed by atoms with van der Waals surface area (Å²) in [6.07, 6.45) is 1.31. The minimum atomic E-state index is 0.218. The monoisotopic (exact) mass is 453 g/mol. The van der Waals surface area contributed by atoms with Crippen LogP contribution in [0.3, 0.4) is 0 Å². The van der Waals surface area contributed by atoms with E-state index in [4.69, 9.17) is 5.73 Å². The standard InChI is InChI=1S/C22H24BrN5O/c23-17-5-3-4-16(14-17)8-9-21(29)28-12-10-27(11-13-28)15-20-25-19-7-2-1-6-18(19)22(24)26-20/h1-7,14H,8-13,15H2,(H2,24,25,26). The van der Waals surface area contributed by atoms with Crippen molar-refractivity contribution in [2.45, 2.75) is 19.4 Å². The van der Waals surface area contributed by atoms with E-state index in [1.165, 1.54) is 5.56 Å². The Morgan fingerprint density at radius 3 is 2.62 bits per heavy atom. The lowest BCUT2D eigenvalue weighted by Crippen LogP contribution is -2.48. The number of para-hydroxylation sites is 1. The number of halogens is 1. The van der Waals surface area contributed by atoms with Crippen LogP contribution in [-0.2, 0) is 17.8 Å². The topological polar surface area (TPSA) is 75.3 Å². The maximum atomic E-state index is 12.6. The molecule has 1 aliphatic heterocycles. The summed E-state index contributed by atoms with van der Waals surface area (Å²) in [5.41, 5.74) is 8.14. The number of piperazine rings is 1. The van der Waals surface area contributed by atoms with E-state index in [0.29, 0.717) is 18.8 Å². The molecule has 4 rings (SSSR count). The first-order chi connectivity index (χ1) is 14.1. The summed E-state index contributed by atoms with van der Waals surface area (Å²) in [5, 5.41) is 0.886. The Balaban J connectivity index is 1.29. The highest BCUT2D eigenvalue weighted by Crippen LogP contribution is 2.18. The number of aromatic nitrogens is 2. The van der Waals surface area contributed by atoms with Gasteiger partial charge in [0, 0.05) is 42.5 Å². The van der Waals surface area contributed by atoms with Crippen molar-refractivity contribution in [2.24, 2.45) is 0 Å². The Bertz CT molecular complexity index is 1020. The fraction of sp³-hybridized carbons (Fsp3) is 0.318. The molecular formula is C22H24BrN5O. The van der Waals surface area contributed by atoms with Gasteiger partial charge in [0.2, 0.25) is 5.91 Å². The lowest BCUT2D eigenvalue weighted by Gasteiger charge is -2.34. The Kier molecular flexibility index (Phi) is 6.06. The molecule has 7 heteroatoms. The van der Waals surface area contributed by atoms with Crippen LogP contribution in [0.4, 0.5) is 5.82 Å². The van der Waals surface area contributed by atoms with Crippen molar-refractivity contribution in [1.29, 1.82) is 0 Å². The summed E-state index contributed by atoms with van der Waals surface area (Å²) < 4.78 is 1.05. The number of nitrogens with two attached hydrogens (primary N) is 1. The molecule has 2 aromatic carbocycles. The first kappa shape index (κ1) is 19.8. The third-order valence-electron chi connectivity index (χ3n) is 5.29. The van der Waals surface area contributed by atoms with Gasteiger partial charge in [-0.1, -0.05) is 40.2 Å². The molecule has 0 atom stereocenters. The van der Waals surface area contributed by atoms with E-state index in [9.17, 15) is 4.79 Å². The number of aryl methyl sites for hydroxylation is 1. The van der Waals surface area contributed by atoms with Crippen molar-refractivity contribution in [3.8, 4) is 0 Å². The predicted molar refractivity (Wildman–Crippen MR) is 118 cm³/mol. The van der Waals surface area contributed by atoms with Gasteiger partial charge in [-0.25, -0.2) is 9.97 Å². The quantitative estimate of drug-likeness (QED) is 0.641. The summed E-state index contributed by atoms with van der Waals surface area (Å²) in [7, 11) is 0. The van der Waals surface area contributed by atoms with Crippen LogP contribution >= 0.6 is 15.9 Å². The molecule has 1 fully saturated rings. The van der Waals surface area contributed by atoms with Gasteiger partial charge in [0.1, 0.15) is 11.6 Å². The smallest absolute Gasteiger partial charge is 0.222 e. The van der Waals surface area contributed by atoms with Gasteiger partial charge in [-0.3, -0.25) is 9.69 Å². The van der Waals surface area contributed by atoms with Crippen LogP contribution in [0.25, 0.3) is 10.9 Å². The zero-order valence-corrected chi connectivity index (χ0v) is 17.8. The van der Waals surface area contributed by atoms with Gasteiger partial charge in [-0.15, -0.1) is 0 Å². The third-order valence-corrected chi connectivity index (χ3v) is 5.78. The molecule has 0 saturated carbocycles. The van der Waals surface area contributed by atoms with E-state index < -0.39 is 0 Å². The van der Waals surface area contributed by atoms with Crippen molar-refractivity contribution < 1.29 is 4.79 Å². The average molecular weight is 454 g/mol. The third kappa shape index (κ3) is 4.92. The highest BCUT2D eigenvalue weighted by Gasteiger charge is 2.21. The highest BCUT2D eigenvalue weighted by molar-refractivity contribution is 9.10. The number of fused-ring (bicyclic) bond motifs is 1. The summed E-state index contributed by atoms with van der Waals surface area (Å²) in [6.45, 7) is 3.76. The number of benzene rings is 2. The second-order valence-corrected chi connectivity index (χ2v) is 8.24. The maximum absolute atomic E-state index is 12.6. The van der Waals surface area contributed by atoms with Gasteiger partial charge in [0.25, 0.3) is 0 Å². The molecule has 6 nitrogen and oxygen atoms in total. The first-order valence-corrected chi connectivity index (χ1v) is 10.6. The Morgan fingerprint density at radius 2 is 1.83 bits per heavy atom. The fourth-order valence-electron chi connectivity index (χ4n) is 3.68. The van der Waals surface area contributed by atoms with E-state index in [0.717, 1.165) is 53.8 Å². The van der Waals surface area contributed by atoms with Crippen LogP contribution < -0.4 is 5.73 Å². The molecule has 0 bridgehead atoms. The Morgan fingerprint density at radius 1 is 1.03 bits per heavy atom. The number of nitrogen functional groups attached to an aromatic ring is 1. The normalized spacial score (nSPS) is 15.0. The van der Waals surface area contributed by atoms with Crippen LogP contribution in [0.15, 0.2) is 53.0 Å². The molecule has 2 N–H and O–H groups in total. The molecule has 1 saturated heterocycles. The van der Waals surface area contributed by atoms with Crippen LogP contribution in [0.1, 0.15) is 17.8 Å². The molecule has 1 aromatic heterocycles. The largest absolute Gasteiger partial charge is 0.383 e. The van der Waals surface area contributed by atoms with Crippen LogP contribution in [0.2, 0.25) is 0 Å². The number of rotatable bonds is 5. The van der Waals surface area contributed by atoms with Crippen molar-refractivity contribution in [2.75, 3.05) is 31.9 Å². The van der Waals surface area contributed by atoms with Crippen molar-refractivity contribution in [3.63, 3.8) is 0 Å². The molecule has 3 aromatic rings. The summed E-state index contributed by atoms with van der Waals surface area (Å²) in [6, 6.07) is 15.9. The summed E-state index contributed by atoms with van der Waals surface area (Å²) in [5.74, 6) is 1.47. The van der Waals surface area contributed by atoms with Crippen LogP contribution in [0.5, 0.6) is 0 Å². The molecule has 2 heterocycles. The number of anilines is 1. The molecule has 0 aliphatic carbocycles. The average Bonchev–Trinajstić information content (AvgIpc) is 2.73. The first-order valence-electron chi connectivity index (χ1n) is 9.84. The Labute approximate surface area is 178 Å². The number of nitrogens with zero attached hydrogens (tertiary/aromatic N) is 4. The second-order valence-electron chi connectivity index (χ2n) is 7.33. The lowest BCUT2D eigenvalue weighted by atomic mass is 10.1. The van der Waals surface area contributed by atoms with Crippen molar-refractivity contribution in [1.82, 2.24) is 19.8 Å². The highest BCUT2D eigenvalue weighted by atomic mass is 79.9. The van der Waals surface area contributed by atoms with Gasteiger partial charge in [0.15, 0.2) is 0 Å². The molecule has 1 aliphatic rings. The minimum Gasteiger partial charge on any atom is -0.383 e. The van der Waals surface area contributed by atoms with E-state index in [2.05, 4.69) is 42.9 Å². The molecule has 0 radical (unpaired) electrons. The molecule has 0 unspecified atom stereocenters.